The number of nitrogens with zero attached hydrogens (tertiary/aromatic N) is 2. The fourth-order valence-corrected chi connectivity index (χ4v) is 6.77. The molecule has 1 aliphatic heterocycles. The molecule has 2 aromatic rings. The molecule has 0 radical (unpaired) electrons. The summed E-state index contributed by atoms with van der Waals surface area (Å²) in [5.74, 6) is -3.32. The number of carboxylic acid groups (broad SMARTS) is 1. The lowest BCUT2D eigenvalue weighted by Gasteiger charge is -2.40. The number of carbonyl (C=O) groups excluding carboxylic acids is 4. The topological polar surface area (TPSA) is 136 Å². The maximum absolute atomic E-state index is 13.7. The first-order chi connectivity index (χ1) is 21.4. The molecule has 12 heteroatoms. The van der Waals surface area contributed by atoms with Gasteiger partial charge in [0.15, 0.2) is 0 Å². The number of piperidine rings is 1. The van der Waals surface area contributed by atoms with Crippen LogP contribution in [0.4, 0.5) is 0 Å². The third kappa shape index (κ3) is 9.68. The number of hydrogen-bond donors (Lipinski definition) is 3. The SMILES string of the molecule is CN(Cc1ccccc1)C(=O)C[C@H](NC(=O)CCC(NC(=O)c1cc(Cl)cc(Cl)c1)C(=O)N1CCC2(CCCC2)CC1)C(=O)O. The number of hydrogen-bond acceptors (Lipinski definition) is 5. The van der Waals surface area contributed by atoms with Crippen molar-refractivity contribution < 1.29 is 29.1 Å². The number of carboxylic acids is 1. The summed E-state index contributed by atoms with van der Waals surface area (Å²) in [6, 6.07) is 11.1. The Labute approximate surface area is 273 Å². The minimum Gasteiger partial charge on any atom is -0.480 e. The van der Waals surface area contributed by atoms with E-state index < -0.39 is 42.2 Å². The molecule has 4 rings (SSSR count). The van der Waals surface area contributed by atoms with Gasteiger partial charge in [0.05, 0.1) is 6.42 Å². The first-order valence-electron chi connectivity index (χ1n) is 15.3. The van der Waals surface area contributed by atoms with E-state index in [-0.39, 0.29) is 39.8 Å². The fourth-order valence-electron chi connectivity index (χ4n) is 6.25. The number of amides is 4. The molecule has 1 heterocycles. The Morgan fingerprint density at radius 3 is 2.13 bits per heavy atom. The van der Waals surface area contributed by atoms with E-state index >= 15 is 0 Å². The zero-order valence-corrected chi connectivity index (χ0v) is 26.9. The summed E-state index contributed by atoms with van der Waals surface area (Å²) >= 11 is 12.2. The van der Waals surface area contributed by atoms with Crippen LogP contribution in [0.25, 0.3) is 0 Å². The normalized spacial score (nSPS) is 16.9. The van der Waals surface area contributed by atoms with E-state index in [1.54, 1.807) is 11.9 Å². The lowest BCUT2D eigenvalue weighted by atomic mass is 9.77. The van der Waals surface area contributed by atoms with Crippen LogP contribution in [0.3, 0.4) is 0 Å². The Bertz CT molecular complexity index is 1370. The molecule has 2 atom stereocenters. The van der Waals surface area contributed by atoms with Gasteiger partial charge in [-0.2, -0.15) is 0 Å². The van der Waals surface area contributed by atoms with Crippen LogP contribution in [-0.2, 0) is 25.7 Å². The molecular formula is C33H40Cl2N4O6. The lowest BCUT2D eigenvalue weighted by molar-refractivity contribution is -0.145. The standard InChI is InChI=1S/C33H40Cl2N4O6/c1-38(21-22-7-3-2-4-8-22)29(41)20-27(32(44)45)36-28(40)10-9-26(37-30(42)23-17-24(34)19-25(35)18-23)31(43)39-15-13-33(14-16-39)11-5-6-12-33/h2-4,7-8,17-19,26-27H,5-6,9-16,20-21H2,1H3,(H,36,40)(H,37,42)(H,44,45)/t26?,27-/m0/s1. The van der Waals surface area contributed by atoms with Crippen LogP contribution >= 0.6 is 23.2 Å². The predicted octanol–water partition coefficient (Wildman–Crippen LogP) is 4.67. The molecule has 1 unspecified atom stereocenters. The van der Waals surface area contributed by atoms with Crippen LogP contribution in [0.2, 0.25) is 10.0 Å². The smallest absolute Gasteiger partial charge is 0.326 e. The fraction of sp³-hybridized carbons (Fsp3) is 0.485. The van der Waals surface area contributed by atoms with Crippen LogP contribution < -0.4 is 10.6 Å². The summed E-state index contributed by atoms with van der Waals surface area (Å²) in [6.07, 6.45) is 5.79. The van der Waals surface area contributed by atoms with Crippen molar-refractivity contribution in [3.05, 3.63) is 69.7 Å². The average molecular weight is 660 g/mol. The van der Waals surface area contributed by atoms with Gasteiger partial charge in [0, 0.05) is 48.7 Å². The van der Waals surface area contributed by atoms with Gasteiger partial charge in [-0.1, -0.05) is 66.4 Å². The molecule has 2 fully saturated rings. The number of halogens is 2. The van der Waals surface area contributed by atoms with Gasteiger partial charge < -0.3 is 25.5 Å². The highest BCUT2D eigenvalue weighted by atomic mass is 35.5. The summed E-state index contributed by atoms with van der Waals surface area (Å²) in [4.78, 5) is 67.6. The summed E-state index contributed by atoms with van der Waals surface area (Å²) < 4.78 is 0. The Morgan fingerprint density at radius 2 is 1.53 bits per heavy atom. The molecule has 242 valence electrons. The summed E-state index contributed by atoms with van der Waals surface area (Å²) in [5, 5.41) is 15.4. The molecule has 1 saturated carbocycles. The molecule has 1 spiro atoms. The molecule has 3 N–H and O–H groups in total. The molecule has 10 nitrogen and oxygen atoms in total. The van der Waals surface area contributed by atoms with E-state index in [9.17, 15) is 29.1 Å². The van der Waals surface area contributed by atoms with Gasteiger partial charge in [0.25, 0.3) is 5.91 Å². The van der Waals surface area contributed by atoms with Gasteiger partial charge in [0.1, 0.15) is 12.1 Å². The van der Waals surface area contributed by atoms with Crippen molar-refractivity contribution in [2.75, 3.05) is 20.1 Å². The van der Waals surface area contributed by atoms with E-state index in [1.165, 1.54) is 48.8 Å². The lowest BCUT2D eigenvalue weighted by Crippen LogP contribution is -2.52. The molecular weight excluding hydrogens is 619 g/mol. The molecule has 2 aliphatic rings. The molecule has 1 aliphatic carbocycles. The highest BCUT2D eigenvalue weighted by Gasteiger charge is 2.39. The Balaban J connectivity index is 1.39. The van der Waals surface area contributed by atoms with Gasteiger partial charge in [-0.05, 0) is 61.3 Å². The number of likely N-dealkylation sites (tertiary alicyclic amines) is 1. The van der Waals surface area contributed by atoms with Crippen molar-refractivity contribution in [1.82, 2.24) is 20.4 Å². The van der Waals surface area contributed by atoms with Gasteiger partial charge in [-0.3, -0.25) is 19.2 Å². The van der Waals surface area contributed by atoms with E-state index in [0.29, 0.717) is 19.6 Å². The highest BCUT2D eigenvalue weighted by molar-refractivity contribution is 6.35. The van der Waals surface area contributed by atoms with Gasteiger partial charge in [0.2, 0.25) is 17.7 Å². The van der Waals surface area contributed by atoms with E-state index in [1.807, 2.05) is 30.3 Å². The zero-order valence-electron chi connectivity index (χ0n) is 25.4. The second-order valence-electron chi connectivity index (χ2n) is 12.2. The highest BCUT2D eigenvalue weighted by Crippen LogP contribution is 2.46. The number of carbonyl (C=O) groups is 5. The van der Waals surface area contributed by atoms with Crippen molar-refractivity contribution in [3.63, 3.8) is 0 Å². The largest absolute Gasteiger partial charge is 0.480 e. The molecule has 4 amide bonds. The zero-order chi connectivity index (χ0) is 32.6. The second-order valence-corrected chi connectivity index (χ2v) is 13.0. The average Bonchev–Trinajstić information content (AvgIpc) is 3.46. The maximum Gasteiger partial charge on any atom is 0.326 e. The monoisotopic (exact) mass is 658 g/mol. The van der Waals surface area contributed by atoms with E-state index in [4.69, 9.17) is 23.2 Å². The van der Waals surface area contributed by atoms with Crippen molar-refractivity contribution in [2.45, 2.75) is 76.4 Å². The Hall–Kier alpha value is -3.63. The van der Waals surface area contributed by atoms with E-state index in [2.05, 4.69) is 10.6 Å². The molecule has 0 bridgehead atoms. The summed E-state index contributed by atoms with van der Waals surface area (Å²) in [7, 11) is 1.57. The molecule has 1 saturated heterocycles. The van der Waals surface area contributed by atoms with Gasteiger partial charge >= 0.3 is 5.97 Å². The van der Waals surface area contributed by atoms with Crippen LogP contribution in [0.15, 0.2) is 48.5 Å². The van der Waals surface area contributed by atoms with Crippen molar-refractivity contribution >= 4 is 52.8 Å². The third-order valence-corrected chi connectivity index (χ3v) is 9.33. The maximum atomic E-state index is 13.7. The number of benzene rings is 2. The van der Waals surface area contributed by atoms with Crippen LogP contribution in [0.5, 0.6) is 0 Å². The number of rotatable bonds is 12. The van der Waals surface area contributed by atoms with Crippen molar-refractivity contribution in [3.8, 4) is 0 Å². The number of nitrogens with one attached hydrogen (secondary N) is 2. The van der Waals surface area contributed by atoms with E-state index in [0.717, 1.165) is 18.4 Å². The minimum absolute atomic E-state index is 0.0689. The van der Waals surface area contributed by atoms with Crippen molar-refractivity contribution in [1.29, 1.82) is 0 Å². The summed E-state index contributed by atoms with van der Waals surface area (Å²) in [5.41, 5.74) is 1.34. The second kappa shape index (κ2) is 15.6. The molecule has 2 aromatic carbocycles. The van der Waals surface area contributed by atoms with Crippen molar-refractivity contribution in [2.24, 2.45) is 5.41 Å². The van der Waals surface area contributed by atoms with Gasteiger partial charge in [-0.25, -0.2) is 4.79 Å². The molecule has 45 heavy (non-hydrogen) atoms. The first-order valence-corrected chi connectivity index (χ1v) is 16.1. The van der Waals surface area contributed by atoms with Crippen LogP contribution in [0, 0.1) is 5.41 Å². The van der Waals surface area contributed by atoms with Crippen LogP contribution in [0.1, 0.15) is 73.7 Å². The van der Waals surface area contributed by atoms with Crippen LogP contribution in [-0.4, -0.2) is 76.7 Å². The minimum atomic E-state index is -1.45. The number of aliphatic carboxylic acids is 1. The Kier molecular flexibility index (Phi) is 11.9. The summed E-state index contributed by atoms with van der Waals surface area (Å²) in [6.45, 7) is 1.43. The predicted molar refractivity (Wildman–Crippen MR) is 171 cm³/mol. The van der Waals surface area contributed by atoms with Gasteiger partial charge in [-0.15, -0.1) is 0 Å². The Morgan fingerprint density at radius 1 is 0.911 bits per heavy atom. The molecule has 0 aromatic heterocycles. The first kappa shape index (κ1) is 34.2. The third-order valence-electron chi connectivity index (χ3n) is 8.89. The quantitative estimate of drug-likeness (QED) is 0.303.